The second kappa shape index (κ2) is 8.87. The van der Waals surface area contributed by atoms with Crippen molar-refractivity contribution in [2.24, 2.45) is 0 Å². The molecule has 0 heterocycles. The van der Waals surface area contributed by atoms with E-state index in [1.165, 1.54) is 0 Å². The molecule has 5 heteroatoms. The topological polar surface area (TPSA) is 55.4 Å². The van der Waals surface area contributed by atoms with Crippen molar-refractivity contribution in [1.29, 1.82) is 0 Å². The number of ether oxygens (including phenoxy) is 1. The molecule has 0 aromatic heterocycles. The van der Waals surface area contributed by atoms with Gasteiger partial charge in [0.15, 0.2) is 0 Å². The largest absolute Gasteiger partial charge is 0.379 e. The monoisotopic (exact) mass is 297 g/mol. The lowest BCUT2D eigenvalue weighted by Gasteiger charge is -2.09. The fourth-order valence-electron chi connectivity index (χ4n) is 1.73. The number of amides is 1. The maximum Gasteiger partial charge on any atom is 0.251 e. The standard InChI is InChI=1S/C15H23NO3S/c1-12(2)19-9-5-8-16-15(17)14-7-4-6-13(10-14)11-20(3)18/h4,6-7,10,12H,5,8-9,11H2,1-3H3,(H,16,17). The lowest BCUT2D eigenvalue weighted by Crippen LogP contribution is -2.25. The van der Waals surface area contributed by atoms with Crippen LogP contribution in [-0.4, -0.2) is 35.6 Å². The van der Waals surface area contributed by atoms with Crippen LogP contribution in [0.2, 0.25) is 0 Å². The van der Waals surface area contributed by atoms with Crippen molar-refractivity contribution < 1.29 is 13.7 Å². The van der Waals surface area contributed by atoms with Crippen molar-refractivity contribution in [2.75, 3.05) is 19.4 Å². The van der Waals surface area contributed by atoms with Gasteiger partial charge in [-0.1, -0.05) is 12.1 Å². The molecule has 1 atom stereocenters. The van der Waals surface area contributed by atoms with Gasteiger partial charge in [0.25, 0.3) is 5.91 Å². The van der Waals surface area contributed by atoms with Crippen LogP contribution in [0.15, 0.2) is 24.3 Å². The molecule has 0 saturated carbocycles. The summed E-state index contributed by atoms with van der Waals surface area (Å²) in [6.45, 7) is 5.21. The van der Waals surface area contributed by atoms with E-state index in [1.807, 2.05) is 26.0 Å². The highest BCUT2D eigenvalue weighted by atomic mass is 32.2. The molecule has 0 saturated heterocycles. The summed E-state index contributed by atoms with van der Waals surface area (Å²) in [4.78, 5) is 12.0. The third kappa shape index (κ3) is 6.82. The Hall–Kier alpha value is -1.20. The summed E-state index contributed by atoms with van der Waals surface area (Å²) >= 11 is 0. The first-order chi connectivity index (χ1) is 9.49. The Labute approximate surface area is 123 Å². The predicted molar refractivity (Wildman–Crippen MR) is 82.3 cm³/mol. The molecule has 0 aliphatic carbocycles. The maximum absolute atomic E-state index is 12.0. The van der Waals surface area contributed by atoms with Gasteiger partial charge in [0.05, 0.1) is 6.10 Å². The van der Waals surface area contributed by atoms with Gasteiger partial charge in [-0.05, 0) is 38.0 Å². The molecule has 1 aromatic rings. The highest BCUT2D eigenvalue weighted by molar-refractivity contribution is 7.83. The van der Waals surface area contributed by atoms with Crippen LogP contribution in [0.1, 0.15) is 36.2 Å². The maximum atomic E-state index is 12.0. The number of carbonyl (C=O) groups excluding carboxylic acids is 1. The fourth-order valence-corrected chi connectivity index (χ4v) is 2.38. The summed E-state index contributed by atoms with van der Waals surface area (Å²) in [5.41, 5.74) is 1.53. The quantitative estimate of drug-likeness (QED) is 0.748. The Kier molecular flexibility index (Phi) is 7.47. The average Bonchev–Trinajstić information content (AvgIpc) is 2.37. The third-order valence-electron chi connectivity index (χ3n) is 2.62. The SMILES string of the molecule is CC(C)OCCCNC(=O)c1cccc(CS(C)=O)c1. The van der Waals surface area contributed by atoms with Crippen molar-refractivity contribution in [3.8, 4) is 0 Å². The Morgan fingerprint density at radius 3 is 2.80 bits per heavy atom. The molecule has 0 aliphatic heterocycles. The first kappa shape index (κ1) is 16.9. The van der Waals surface area contributed by atoms with Crippen LogP contribution in [0.25, 0.3) is 0 Å². The van der Waals surface area contributed by atoms with Gasteiger partial charge in [0, 0.05) is 41.5 Å². The smallest absolute Gasteiger partial charge is 0.251 e. The lowest BCUT2D eigenvalue weighted by molar-refractivity contribution is 0.0757. The molecule has 0 radical (unpaired) electrons. The minimum atomic E-state index is -0.899. The van der Waals surface area contributed by atoms with Crippen molar-refractivity contribution in [2.45, 2.75) is 32.1 Å². The van der Waals surface area contributed by atoms with E-state index in [9.17, 15) is 9.00 Å². The first-order valence-corrected chi connectivity index (χ1v) is 8.50. The Morgan fingerprint density at radius 1 is 1.40 bits per heavy atom. The molecule has 20 heavy (non-hydrogen) atoms. The Balaban J connectivity index is 2.41. The number of nitrogens with one attached hydrogen (secondary N) is 1. The van der Waals surface area contributed by atoms with Gasteiger partial charge in [0.1, 0.15) is 0 Å². The zero-order chi connectivity index (χ0) is 15.0. The number of rotatable bonds is 8. The second-order valence-corrected chi connectivity index (χ2v) is 6.38. The summed E-state index contributed by atoms with van der Waals surface area (Å²) in [5, 5.41) is 2.86. The summed E-state index contributed by atoms with van der Waals surface area (Å²) < 4.78 is 16.6. The van der Waals surface area contributed by atoms with Gasteiger partial charge in [-0.25, -0.2) is 0 Å². The van der Waals surface area contributed by atoms with Crippen LogP contribution in [0.3, 0.4) is 0 Å². The van der Waals surface area contributed by atoms with Crippen LogP contribution in [0.5, 0.6) is 0 Å². The van der Waals surface area contributed by atoms with E-state index in [2.05, 4.69) is 5.32 Å². The van der Waals surface area contributed by atoms with Gasteiger partial charge in [-0.2, -0.15) is 0 Å². The molecule has 0 fully saturated rings. The van der Waals surface area contributed by atoms with Crippen molar-refractivity contribution >= 4 is 16.7 Å². The van der Waals surface area contributed by atoms with E-state index in [1.54, 1.807) is 18.4 Å². The zero-order valence-electron chi connectivity index (χ0n) is 12.3. The van der Waals surface area contributed by atoms with E-state index in [0.29, 0.717) is 24.5 Å². The van der Waals surface area contributed by atoms with Gasteiger partial charge >= 0.3 is 0 Å². The molecule has 0 bridgehead atoms. The second-order valence-electron chi connectivity index (χ2n) is 4.95. The normalized spacial score (nSPS) is 12.4. The van der Waals surface area contributed by atoms with E-state index in [-0.39, 0.29) is 12.0 Å². The van der Waals surface area contributed by atoms with Gasteiger partial charge < -0.3 is 10.1 Å². The summed E-state index contributed by atoms with van der Waals surface area (Å²) in [6.07, 6.45) is 2.67. The Morgan fingerprint density at radius 2 is 2.15 bits per heavy atom. The van der Waals surface area contributed by atoms with Crippen LogP contribution in [0.4, 0.5) is 0 Å². The summed E-state index contributed by atoms with van der Waals surface area (Å²) in [5.74, 6) is 0.377. The summed E-state index contributed by atoms with van der Waals surface area (Å²) in [6, 6.07) is 7.26. The van der Waals surface area contributed by atoms with Gasteiger partial charge in [-0.3, -0.25) is 9.00 Å². The Bertz CT molecular complexity index is 460. The number of benzene rings is 1. The van der Waals surface area contributed by atoms with Crippen LogP contribution in [-0.2, 0) is 21.3 Å². The van der Waals surface area contributed by atoms with E-state index >= 15 is 0 Å². The molecule has 112 valence electrons. The molecule has 1 amide bonds. The molecule has 0 spiro atoms. The minimum absolute atomic E-state index is 0.0988. The minimum Gasteiger partial charge on any atom is -0.379 e. The zero-order valence-corrected chi connectivity index (χ0v) is 13.2. The van der Waals surface area contributed by atoms with Crippen molar-refractivity contribution in [3.05, 3.63) is 35.4 Å². The average molecular weight is 297 g/mol. The number of hydrogen-bond donors (Lipinski definition) is 1. The number of carbonyl (C=O) groups is 1. The van der Waals surface area contributed by atoms with Crippen LogP contribution in [0, 0.1) is 0 Å². The van der Waals surface area contributed by atoms with Crippen molar-refractivity contribution in [1.82, 2.24) is 5.32 Å². The van der Waals surface area contributed by atoms with Crippen molar-refractivity contribution in [3.63, 3.8) is 0 Å². The highest BCUT2D eigenvalue weighted by Gasteiger charge is 2.06. The molecule has 0 aliphatic rings. The lowest BCUT2D eigenvalue weighted by atomic mass is 10.1. The molecular weight excluding hydrogens is 274 g/mol. The first-order valence-electron chi connectivity index (χ1n) is 6.78. The van der Waals surface area contributed by atoms with Gasteiger partial charge in [0.2, 0.25) is 0 Å². The van der Waals surface area contributed by atoms with E-state index in [4.69, 9.17) is 4.74 Å². The summed E-state index contributed by atoms with van der Waals surface area (Å²) in [7, 11) is -0.899. The molecule has 1 N–H and O–H groups in total. The highest BCUT2D eigenvalue weighted by Crippen LogP contribution is 2.07. The van der Waals surface area contributed by atoms with Gasteiger partial charge in [-0.15, -0.1) is 0 Å². The third-order valence-corrected chi connectivity index (χ3v) is 3.36. The van der Waals surface area contributed by atoms with E-state index in [0.717, 1.165) is 12.0 Å². The number of hydrogen-bond acceptors (Lipinski definition) is 3. The van der Waals surface area contributed by atoms with Crippen LogP contribution >= 0.6 is 0 Å². The molecular formula is C15H23NO3S. The molecule has 1 unspecified atom stereocenters. The molecule has 4 nitrogen and oxygen atoms in total. The van der Waals surface area contributed by atoms with Crippen LogP contribution < -0.4 is 5.32 Å². The molecule has 1 rings (SSSR count). The van der Waals surface area contributed by atoms with E-state index < -0.39 is 10.8 Å². The molecule has 1 aromatic carbocycles. The fraction of sp³-hybridized carbons (Fsp3) is 0.533. The predicted octanol–water partition coefficient (Wildman–Crippen LogP) is 2.11.